The third-order valence-corrected chi connectivity index (χ3v) is 2.42. The van der Waals surface area contributed by atoms with Gasteiger partial charge >= 0.3 is 0 Å². The molecule has 0 fully saturated rings. The molecule has 0 saturated carbocycles. The molecule has 0 aliphatic rings. The Labute approximate surface area is 105 Å². The van der Waals surface area contributed by atoms with Gasteiger partial charge in [0.25, 0.3) is 0 Å². The summed E-state index contributed by atoms with van der Waals surface area (Å²) in [6.45, 7) is 1.90. The molecule has 0 amide bonds. The van der Waals surface area contributed by atoms with Crippen LogP contribution in [0, 0.1) is 18.3 Å². The molecule has 0 radical (unpaired) electrons. The van der Waals surface area contributed by atoms with Gasteiger partial charge in [-0.2, -0.15) is 5.26 Å². The van der Waals surface area contributed by atoms with Crippen molar-refractivity contribution in [2.45, 2.75) is 6.92 Å². The van der Waals surface area contributed by atoms with Gasteiger partial charge in [0.2, 0.25) is 0 Å². The third-order valence-electron chi connectivity index (χ3n) is 2.42. The van der Waals surface area contributed by atoms with Crippen molar-refractivity contribution in [2.24, 2.45) is 0 Å². The van der Waals surface area contributed by atoms with E-state index in [1.54, 1.807) is 31.5 Å². The minimum atomic E-state index is 0.455. The standard InChI is InChI=1S/C14H12N2O2/c1-10-3-5-13(9-16-10)18-14-7-12(17-2)6-4-11(14)8-15/h3-7,9H,1-2H3. The summed E-state index contributed by atoms with van der Waals surface area (Å²) < 4.78 is 10.7. The van der Waals surface area contributed by atoms with Gasteiger partial charge < -0.3 is 9.47 Å². The number of nitrogens with zero attached hydrogens (tertiary/aromatic N) is 2. The zero-order chi connectivity index (χ0) is 13.0. The minimum Gasteiger partial charge on any atom is -0.497 e. The molecule has 90 valence electrons. The van der Waals surface area contributed by atoms with Crippen LogP contribution in [0.3, 0.4) is 0 Å². The number of ether oxygens (including phenoxy) is 2. The maximum atomic E-state index is 9.02. The fourth-order valence-corrected chi connectivity index (χ4v) is 1.45. The Hall–Kier alpha value is -2.54. The summed E-state index contributed by atoms with van der Waals surface area (Å²) in [6, 6.07) is 10.8. The maximum Gasteiger partial charge on any atom is 0.148 e. The van der Waals surface area contributed by atoms with Crippen LogP contribution >= 0.6 is 0 Å². The van der Waals surface area contributed by atoms with E-state index < -0.39 is 0 Å². The summed E-state index contributed by atoms with van der Waals surface area (Å²) in [4.78, 5) is 4.13. The molecular weight excluding hydrogens is 228 g/mol. The van der Waals surface area contributed by atoms with Gasteiger partial charge in [0.1, 0.15) is 23.3 Å². The number of aryl methyl sites for hydroxylation is 1. The summed E-state index contributed by atoms with van der Waals surface area (Å²) in [6.07, 6.45) is 1.62. The van der Waals surface area contributed by atoms with E-state index >= 15 is 0 Å². The number of nitriles is 1. The van der Waals surface area contributed by atoms with Crippen molar-refractivity contribution in [1.82, 2.24) is 4.98 Å². The monoisotopic (exact) mass is 240 g/mol. The quantitative estimate of drug-likeness (QED) is 0.827. The summed E-state index contributed by atoms with van der Waals surface area (Å²) in [7, 11) is 1.57. The summed E-state index contributed by atoms with van der Waals surface area (Å²) >= 11 is 0. The van der Waals surface area contributed by atoms with Crippen molar-refractivity contribution in [1.29, 1.82) is 5.26 Å². The van der Waals surface area contributed by atoms with Gasteiger partial charge in [0.05, 0.1) is 18.9 Å². The predicted molar refractivity (Wildman–Crippen MR) is 66.8 cm³/mol. The number of methoxy groups -OCH3 is 1. The molecule has 1 aromatic carbocycles. The predicted octanol–water partition coefficient (Wildman–Crippen LogP) is 3.06. The average molecular weight is 240 g/mol. The molecule has 1 aromatic heterocycles. The van der Waals surface area contributed by atoms with Crippen LogP contribution < -0.4 is 9.47 Å². The number of benzene rings is 1. The van der Waals surface area contributed by atoms with Crippen molar-refractivity contribution < 1.29 is 9.47 Å². The molecule has 0 spiro atoms. The normalized spacial score (nSPS) is 9.61. The second-order valence-electron chi connectivity index (χ2n) is 3.71. The molecule has 0 atom stereocenters. The Morgan fingerprint density at radius 3 is 2.56 bits per heavy atom. The highest BCUT2D eigenvalue weighted by Gasteiger charge is 2.06. The van der Waals surface area contributed by atoms with Gasteiger partial charge in [0.15, 0.2) is 0 Å². The molecule has 0 aliphatic heterocycles. The molecular formula is C14H12N2O2. The summed E-state index contributed by atoms with van der Waals surface area (Å²) in [5, 5.41) is 9.02. The Balaban J connectivity index is 2.32. The SMILES string of the molecule is COc1ccc(C#N)c(Oc2ccc(C)nc2)c1. The lowest BCUT2D eigenvalue weighted by Gasteiger charge is -2.08. The Bertz CT molecular complexity index is 586. The van der Waals surface area contributed by atoms with E-state index in [1.165, 1.54) is 0 Å². The van der Waals surface area contributed by atoms with Crippen LogP contribution in [-0.4, -0.2) is 12.1 Å². The fraction of sp³-hybridized carbons (Fsp3) is 0.143. The number of hydrogen-bond acceptors (Lipinski definition) is 4. The molecule has 0 saturated heterocycles. The molecule has 1 heterocycles. The minimum absolute atomic E-state index is 0.455. The zero-order valence-electron chi connectivity index (χ0n) is 10.2. The first-order chi connectivity index (χ1) is 8.72. The first-order valence-corrected chi connectivity index (χ1v) is 5.41. The van der Waals surface area contributed by atoms with E-state index in [0.717, 1.165) is 5.69 Å². The Kier molecular flexibility index (Phi) is 3.44. The van der Waals surface area contributed by atoms with Crippen molar-refractivity contribution >= 4 is 0 Å². The van der Waals surface area contributed by atoms with Gasteiger partial charge in [-0.25, -0.2) is 0 Å². The number of hydrogen-bond donors (Lipinski definition) is 0. The Morgan fingerprint density at radius 1 is 1.17 bits per heavy atom. The highest BCUT2D eigenvalue weighted by Crippen LogP contribution is 2.28. The van der Waals surface area contributed by atoms with Crippen molar-refractivity contribution in [3.63, 3.8) is 0 Å². The van der Waals surface area contributed by atoms with Crippen LogP contribution in [-0.2, 0) is 0 Å². The van der Waals surface area contributed by atoms with Gasteiger partial charge in [-0.1, -0.05) is 0 Å². The third kappa shape index (κ3) is 2.58. The smallest absolute Gasteiger partial charge is 0.148 e. The van der Waals surface area contributed by atoms with Crippen LogP contribution in [0.15, 0.2) is 36.5 Å². The maximum absolute atomic E-state index is 9.02. The molecule has 4 heteroatoms. The van der Waals surface area contributed by atoms with Crippen LogP contribution in [0.25, 0.3) is 0 Å². The number of rotatable bonds is 3. The van der Waals surface area contributed by atoms with Gasteiger partial charge in [0, 0.05) is 11.8 Å². The number of pyridine rings is 1. The van der Waals surface area contributed by atoms with Gasteiger partial charge in [-0.15, -0.1) is 0 Å². The Morgan fingerprint density at radius 2 is 1.94 bits per heavy atom. The second kappa shape index (κ2) is 5.19. The highest BCUT2D eigenvalue weighted by molar-refractivity contribution is 5.49. The molecule has 2 rings (SSSR count). The zero-order valence-corrected chi connectivity index (χ0v) is 10.2. The average Bonchev–Trinajstić information content (AvgIpc) is 2.41. The van der Waals surface area contributed by atoms with Crippen molar-refractivity contribution in [3.8, 4) is 23.3 Å². The van der Waals surface area contributed by atoms with E-state index in [1.807, 2.05) is 19.1 Å². The molecule has 2 aromatic rings. The lowest BCUT2D eigenvalue weighted by molar-refractivity contribution is 0.408. The topological polar surface area (TPSA) is 55.1 Å². The van der Waals surface area contributed by atoms with Crippen LogP contribution in [0.5, 0.6) is 17.2 Å². The number of aromatic nitrogens is 1. The molecule has 0 N–H and O–H groups in total. The molecule has 0 unspecified atom stereocenters. The first kappa shape index (κ1) is 11.9. The largest absolute Gasteiger partial charge is 0.497 e. The van der Waals surface area contributed by atoms with Crippen molar-refractivity contribution in [2.75, 3.05) is 7.11 Å². The summed E-state index contributed by atoms with van der Waals surface area (Å²) in [5.74, 6) is 1.69. The van der Waals surface area contributed by atoms with E-state index in [4.69, 9.17) is 14.7 Å². The molecule has 0 aliphatic carbocycles. The molecule has 18 heavy (non-hydrogen) atoms. The van der Waals surface area contributed by atoms with E-state index in [0.29, 0.717) is 22.8 Å². The van der Waals surface area contributed by atoms with Crippen molar-refractivity contribution in [3.05, 3.63) is 47.8 Å². The van der Waals surface area contributed by atoms with E-state index in [9.17, 15) is 0 Å². The second-order valence-corrected chi connectivity index (χ2v) is 3.71. The highest BCUT2D eigenvalue weighted by atomic mass is 16.5. The first-order valence-electron chi connectivity index (χ1n) is 5.41. The van der Waals surface area contributed by atoms with Gasteiger partial charge in [-0.3, -0.25) is 4.98 Å². The fourth-order valence-electron chi connectivity index (χ4n) is 1.45. The summed E-state index contributed by atoms with van der Waals surface area (Å²) in [5.41, 5.74) is 1.37. The van der Waals surface area contributed by atoms with E-state index in [-0.39, 0.29) is 0 Å². The molecule has 4 nitrogen and oxygen atoms in total. The van der Waals surface area contributed by atoms with Crippen LogP contribution in [0.1, 0.15) is 11.3 Å². The van der Waals surface area contributed by atoms with Gasteiger partial charge in [-0.05, 0) is 31.2 Å². The van der Waals surface area contributed by atoms with E-state index in [2.05, 4.69) is 11.1 Å². The van der Waals surface area contributed by atoms with Crippen LogP contribution in [0.4, 0.5) is 0 Å². The molecule has 0 bridgehead atoms. The van der Waals surface area contributed by atoms with Crippen LogP contribution in [0.2, 0.25) is 0 Å². The lowest BCUT2D eigenvalue weighted by Crippen LogP contribution is -1.91. The lowest BCUT2D eigenvalue weighted by atomic mass is 10.2.